The Morgan fingerprint density at radius 2 is 0.592 bits per heavy atom. The molecule has 3 unspecified atom stereocenters. The van der Waals surface area contributed by atoms with Gasteiger partial charge in [-0.2, -0.15) is 0 Å². The third kappa shape index (κ3) is 13.1. The molecule has 0 saturated carbocycles. The van der Waals surface area contributed by atoms with Crippen molar-refractivity contribution in [2.45, 2.75) is 30.6 Å². The second-order valence-corrected chi connectivity index (χ2v) is 41.7. The lowest BCUT2D eigenvalue weighted by atomic mass is 9.87. The van der Waals surface area contributed by atoms with E-state index in [2.05, 4.69) is 523 Å². The van der Waals surface area contributed by atoms with Gasteiger partial charge in [0.1, 0.15) is 0 Å². The summed E-state index contributed by atoms with van der Waals surface area (Å²) >= 11 is 1.89. The van der Waals surface area contributed by atoms with Gasteiger partial charge < -0.3 is 13.7 Å². The lowest BCUT2D eigenvalue weighted by Crippen LogP contribution is -2.00. The molecule has 0 spiro atoms. The number of fused-ring (bicyclic) bond motifs is 32. The number of aromatic nitrogens is 3. The van der Waals surface area contributed by atoms with Gasteiger partial charge in [-0.05, 0) is 328 Å². The Kier molecular flexibility index (Phi) is 18.8. The maximum atomic E-state index is 2.49. The lowest BCUT2D eigenvalue weighted by molar-refractivity contribution is 1.01. The molecule has 28 aromatic rings. The maximum Gasteiger partial charge on any atom is 0.0548 e. The van der Waals surface area contributed by atoms with Crippen LogP contribution < -0.4 is 0 Å². The summed E-state index contributed by atoms with van der Waals surface area (Å²) in [5.41, 5.74) is 50.4. The van der Waals surface area contributed by atoms with E-state index in [1.807, 2.05) is 11.3 Å². The van der Waals surface area contributed by atoms with E-state index >= 15 is 0 Å². The van der Waals surface area contributed by atoms with Crippen LogP contribution in [0, 0.1) is 0 Å². The van der Waals surface area contributed by atoms with E-state index in [0.717, 1.165) is 12.8 Å². The van der Waals surface area contributed by atoms with Gasteiger partial charge in [-0.1, -0.05) is 388 Å². The monoisotopic (exact) mass is 1880 g/mol. The predicted molar refractivity (Wildman–Crippen MR) is 619 cm³/mol. The van der Waals surface area contributed by atoms with Crippen LogP contribution in [0.15, 0.2) is 510 Å². The summed E-state index contributed by atoms with van der Waals surface area (Å²) in [6, 6.07) is 190. The molecule has 0 aliphatic heterocycles. The van der Waals surface area contributed by atoms with E-state index in [1.165, 1.54) is 296 Å². The van der Waals surface area contributed by atoms with Gasteiger partial charge in [-0.15, -0.1) is 11.3 Å². The predicted octanol–water partition coefficient (Wildman–Crippen LogP) is 37.8. The highest BCUT2D eigenvalue weighted by molar-refractivity contribution is 7.25. The molecule has 4 aromatic heterocycles. The average Bonchev–Trinajstić information content (AvgIpc) is 1.55. The van der Waals surface area contributed by atoms with E-state index in [0.29, 0.717) is 0 Å². The van der Waals surface area contributed by atoms with Gasteiger partial charge in [0.05, 0.1) is 33.1 Å². The molecule has 0 saturated heterocycles. The smallest absolute Gasteiger partial charge is 0.0548 e. The minimum atomic E-state index is 0.195. The van der Waals surface area contributed by atoms with Gasteiger partial charge in [0.25, 0.3) is 0 Å². The van der Waals surface area contributed by atoms with Crippen LogP contribution in [0.5, 0.6) is 0 Å². The van der Waals surface area contributed by atoms with Crippen LogP contribution in [-0.4, -0.2) is 13.7 Å². The van der Waals surface area contributed by atoms with Gasteiger partial charge >= 0.3 is 0 Å². The van der Waals surface area contributed by atoms with E-state index in [9.17, 15) is 0 Å². The summed E-state index contributed by atoms with van der Waals surface area (Å²) in [5.74, 6) is 0.714. The second-order valence-electron chi connectivity index (χ2n) is 40.6. The zero-order valence-electron chi connectivity index (χ0n) is 80.4. The van der Waals surface area contributed by atoms with Crippen molar-refractivity contribution in [1.82, 2.24) is 13.7 Å². The first kappa shape index (κ1) is 83.3. The SMILES string of the molecule is c1ccc(-n2c3ccccc3c3cc(-c4ccc5c(c4)c4c6c(ccc4n5-c4ccc5ccccc5c4)-c4ccccc4C6)ccc32)cc1.c1ccc(C2c3ccccc3-c3cc(-c4ccc5c(c4)-c4c(ccc6c4-c4ccccc4C6)C5c4ccc5ccccc5c4)ccc32)cc1.c1ccc(C2c3ccccc3-c3cc(-c4ccc5c(c4)c4cc6sc7ccccc7c6cc4n5-c4ccc5ccccc5c4)ccc32)cc1. The number of nitrogens with zero attached hydrogens (tertiary/aromatic N) is 3. The Morgan fingerprint density at radius 1 is 0.177 bits per heavy atom. The molecule has 33 rings (SSSR count). The first-order valence-electron chi connectivity index (χ1n) is 51.5. The van der Waals surface area contributed by atoms with Crippen LogP contribution >= 0.6 is 11.3 Å². The number of hydrogen-bond donors (Lipinski definition) is 0. The van der Waals surface area contributed by atoms with Crippen molar-refractivity contribution >= 4 is 129 Å². The first-order chi connectivity index (χ1) is 72.9. The fourth-order valence-corrected chi connectivity index (χ4v) is 27.3. The number of para-hydroxylation sites is 2. The Morgan fingerprint density at radius 3 is 1.21 bits per heavy atom. The average molecular weight is 1880 g/mol. The van der Waals surface area contributed by atoms with Crippen LogP contribution in [0.2, 0.25) is 0 Å². The van der Waals surface area contributed by atoms with Crippen molar-refractivity contribution in [3.8, 4) is 106 Å². The standard InChI is InChI=1S/C49H32.C47H30N2.C47H29NS/c1-2-11-31(12-3-1)46-40-17-9-8-16-39(40)44-28-33(20-23-41(44)46)34-21-24-42-45(29-34)49-43(25-22-37-27-35-14-6-7-15-38(35)48(37)49)47(42)36-19-18-30-10-4-5-13-32(30)26-36;1-2-13-35(14-3-1)48-43-17-9-8-16-39(43)40-27-32(19-23-44(40)48)33-20-24-45-42(28-33)47-41-29-34-12-6-7-15-37(34)38(41)22-25-46(47)49(45)36-21-18-30-10-4-5-11-31(30)26-36;1-2-11-30(12-3-1)47-37-16-7-6-14-35(37)39-25-32(19-22-38(39)47)33-20-23-43-40(26-33)41-28-46-42(36-15-8-9-17-45(36)49-46)27-44(41)48(43)34-21-18-29-10-4-5-13-31(29)24-34/h1-26,28-29,46-47H,27H2;1-28H,29H2;1-28,47H. The Labute approximate surface area is 855 Å². The van der Waals surface area contributed by atoms with E-state index in [1.54, 1.807) is 0 Å². The Balaban J connectivity index is 0.0000000999. The van der Waals surface area contributed by atoms with Crippen molar-refractivity contribution < 1.29 is 0 Å². The van der Waals surface area contributed by atoms with E-state index in [4.69, 9.17) is 0 Å². The Bertz CT molecular complexity index is 10400. The van der Waals surface area contributed by atoms with Crippen molar-refractivity contribution in [3.05, 3.63) is 582 Å². The largest absolute Gasteiger partial charge is 0.309 e. The van der Waals surface area contributed by atoms with Crippen LogP contribution in [-0.2, 0) is 12.8 Å². The van der Waals surface area contributed by atoms with Gasteiger partial charge in [-0.3, -0.25) is 0 Å². The number of rotatable bonds is 9. The summed E-state index contributed by atoms with van der Waals surface area (Å²) in [5, 5.41) is 18.0. The molecule has 24 aromatic carbocycles. The number of hydrogen-bond acceptors (Lipinski definition) is 1. The zero-order valence-corrected chi connectivity index (χ0v) is 81.2. The molecule has 5 aliphatic rings. The van der Waals surface area contributed by atoms with Crippen molar-refractivity contribution in [3.63, 3.8) is 0 Å². The fraction of sp³-hybridized carbons (Fsp3) is 0.0350. The maximum absolute atomic E-state index is 2.49. The molecule has 0 N–H and O–H groups in total. The molecule has 147 heavy (non-hydrogen) atoms. The van der Waals surface area contributed by atoms with Gasteiger partial charge in [0.2, 0.25) is 0 Å². The summed E-state index contributed by atoms with van der Waals surface area (Å²) in [6.45, 7) is 0. The number of benzene rings is 24. The van der Waals surface area contributed by atoms with Gasteiger partial charge in [0, 0.05) is 87.3 Å². The first-order valence-corrected chi connectivity index (χ1v) is 52.3. The van der Waals surface area contributed by atoms with Crippen molar-refractivity contribution in [2.24, 2.45) is 0 Å². The molecule has 4 heterocycles. The van der Waals surface area contributed by atoms with Crippen molar-refractivity contribution in [1.29, 1.82) is 0 Å². The third-order valence-corrected chi connectivity index (χ3v) is 33.9. The zero-order chi connectivity index (χ0) is 96.2. The highest BCUT2D eigenvalue weighted by Crippen LogP contribution is 2.59. The van der Waals surface area contributed by atoms with Gasteiger partial charge in [0.15, 0.2) is 0 Å². The topological polar surface area (TPSA) is 14.8 Å². The molecule has 684 valence electrons. The highest BCUT2D eigenvalue weighted by atomic mass is 32.1. The summed E-state index contributed by atoms with van der Waals surface area (Å²) in [4.78, 5) is 0. The second kappa shape index (κ2) is 33.1. The Hall–Kier alpha value is -18.3. The third-order valence-electron chi connectivity index (χ3n) is 32.8. The molecule has 3 atom stereocenters. The molecule has 3 nitrogen and oxygen atoms in total. The summed E-state index contributed by atoms with van der Waals surface area (Å²) in [7, 11) is 0. The molecule has 5 aliphatic carbocycles. The molecular weight excluding hydrogens is 1790 g/mol. The normalized spacial score (nSPS) is 14.1. The van der Waals surface area contributed by atoms with Gasteiger partial charge in [-0.25, -0.2) is 0 Å². The van der Waals surface area contributed by atoms with E-state index in [-0.39, 0.29) is 17.8 Å². The number of thiophene rings is 1. The molecule has 0 amide bonds. The molecular formula is C143H91N3S. The van der Waals surface area contributed by atoms with Crippen LogP contribution in [0.25, 0.3) is 224 Å². The summed E-state index contributed by atoms with van der Waals surface area (Å²) in [6.07, 6.45) is 1.95. The molecule has 0 bridgehead atoms. The van der Waals surface area contributed by atoms with Crippen LogP contribution in [0.4, 0.5) is 0 Å². The van der Waals surface area contributed by atoms with E-state index < -0.39 is 0 Å². The van der Waals surface area contributed by atoms with Crippen LogP contribution in [0.1, 0.15) is 90.1 Å². The van der Waals surface area contributed by atoms with Crippen LogP contribution in [0.3, 0.4) is 0 Å². The highest BCUT2D eigenvalue weighted by Gasteiger charge is 2.38. The molecule has 0 radical (unpaired) electrons. The molecule has 4 heteroatoms. The summed E-state index contributed by atoms with van der Waals surface area (Å²) < 4.78 is 9.99. The molecule has 0 fully saturated rings. The minimum Gasteiger partial charge on any atom is -0.309 e. The minimum absolute atomic E-state index is 0.195. The van der Waals surface area contributed by atoms with Crippen molar-refractivity contribution in [2.75, 3.05) is 0 Å². The fourth-order valence-electron chi connectivity index (χ4n) is 26.2. The quantitative estimate of drug-likeness (QED) is 0.137. The lowest BCUT2D eigenvalue weighted by Gasteiger charge is -2.16.